The molecule has 0 saturated carbocycles. The second-order valence-electron chi connectivity index (χ2n) is 6.21. The van der Waals surface area contributed by atoms with Crippen molar-refractivity contribution in [3.8, 4) is 0 Å². The summed E-state index contributed by atoms with van der Waals surface area (Å²) in [6, 6.07) is 4.11. The van der Waals surface area contributed by atoms with Crippen molar-refractivity contribution >= 4 is 22.8 Å². The fourth-order valence-electron chi connectivity index (χ4n) is 3.40. The maximum Gasteiger partial charge on any atom is 0.328 e. The van der Waals surface area contributed by atoms with Crippen molar-refractivity contribution in [3.05, 3.63) is 44.6 Å². The molecule has 2 aromatic rings. The standard InChI is InChI=1S/C17H19N3O5/c1-3-19-15(22)12-5-4-10(8-13(12)18-17(19)25)14(21)20-7-6-11(9(20)2)16(23)24/h4-5,8-9,11H,3,6-7H2,1-2H3,(H,18,25)(H,23,24). The first-order chi connectivity index (χ1) is 11.8. The summed E-state index contributed by atoms with van der Waals surface area (Å²) >= 11 is 0. The number of aliphatic carboxylic acids is 1. The second kappa shape index (κ2) is 6.19. The summed E-state index contributed by atoms with van der Waals surface area (Å²) in [5.41, 5.74) is -0.312. The molecule has 1 saturated heterocycles. The number of carboxylic acids is 1. The Morgan fingerprint density at radius 2 is 2.04 bits per heavy atom. The highest BCUT2D eigenvalue weighted by Crippen LogP contribution is 2.26. The number of amides is 1. The average molecular weight is 345 g/mol. The smallest absolute Gasteiger partial charge is 0.328 e. The molecular formula is C17H19N3O5. The highest BCUT2D eigenvalue weighted by atomic mass is 16.4. The fourth-order valence-corrected chi connectivity index (χ4v) is 3.40. The van der Waals surface area contributed by atoms with Crippen molar-refractivity contribution in [1.29, 1.82) is 0 Å². The molecule has 2 atom stereocenters. The minimum atomic E-state index is -0.911. The molecule has 0 radical (unpaired) electrons. The van der Waals surface area contributed by atoms with Crippen LogP contribution in [-0.4, -0.2) is 44.0 Å². The number of likely N-dealkylation sites (tertiary alicyclic amines) is 1. The lowest BCUT2D eigenvalue weighted by molar-refractivity contribution is -0.142. The van der Waals surface area contributed by atoms with Gasteiger partial charge in [-0.3, -0.25) is 19.0 Å². The van der Waals surface area contributed by atoms with Gasteiger partial charge in [-0.1, -0.05) is 0 Å². The first-order valence-electron chi connectivity index (χ1n) is 8.15. The van der Waals surface area contributed by atoms with Crippen molar-refractivity contribution in [2.75, 3.05) is 6.54 Å². The van der Waals surface area contributed by atoms with Crippen LogP contribution in [0.15, 0.2) is 27.8 Å². The largest absolute Gasteiger partial charge is 0.481 e. The van der Waals surface area contributed by atoms with E-state index in [1.54, 1.807) is 13.8 Å². The van der Waals surface area contributed by atoms with Crippen LogP contribution in [0.4, 0.5) is 0 Å². The molecule has 2 N–H and O–H groups in total. The van der Waals surface area contributed by atoms with E-state index in [9.17, 15) is 24.3 Å². The van der Waals surface area contributed by atoms with E-state index in [-0.39, 0.29) is 12.5 Å². The fraction of sp³-hybridized carbons (Fsp3) is 0.412. The molecule has 1 aliphatic heterocycles. The first-order valence-corrected chi connectivity index (χ1v) is 8.15. The lowest BCUT2D eigenvalue weighted by Gasteiger charge is -2.23. The third-order valence-corrected chi connectivity index (χ3v) is 4.88. The Bertz CT molecular complexity index is 974. The van der Waals surface area contributed by atoms with Gasteiger partial charge in [0.2, 0.25) is 0 Å². The van der Waals surface area contributed by atoms with Crippen LogP contribution in [0.1, 0.15) is 30.6 Å². The predicted octanol–water partition coefficient (Wildman–Crippen LogP) is 0.645. The van der Waals surface area contributed by atoms with Gasteiger partial charge in [0.15, 0.2) is 0 Å². The van der Waals surface area contributed by atoms with Crippen LogP contribution in [0, 0.1) is 5.92 Å². The SMILES string of the molecule is CCn1c(=O)[nH]c2cc(C(=O)N3CCC(C(=O)O)C3C)ccc2c1=O. The Morgan fingerprint density at radius 1 is 1.32 bits per heavy atom. The molecule has 132 valence electrons. The number of hydrogen-bond acceptors (Lipinski definition) is 4. The zero-order chi connectivity index (χ0) is 18.3. The van der Waals surface area contributed by atoms with E-state index in [2.05, 4.69) is 4.98 Å². The summed E-state index contributed by atoms with van der Waals surface area (Å²) in [4.78, 5) is 52.3. The Kier molecular flexibility index (Phi) is 4.20. The maximum atomic E-state index is 12.7. The number of nitrogens with zero attached hydrogens (tertiary/aromatic N) is 2. The number of benzene rings is 1. The van der Waals surface area contributed by atoms with Crippen LogP contribution in [-0.2, 0) is 11.3 Å². The molecule has 0 bridgehead atoms. The summed E-state index contributed by atoms with van der Waals surface area (Å²) in [6.07, 6.45) is 0.411. The minimum absolute atomic E-state index is 0.257. The zero-order valence-electron chi connectivity index (χ0n) is 14.0. The van der Waals surface area contributed by atoms with Crippen molar-refractivity contribution < 1.29 is 14.7 Å². The summed E-state index contributed by atoms with van der Waals surface area (Å²) in [5, 5.41) is 9.52. The van der Waals surface area contributed by atoms with Crippen molar-refractivity contribution in [2.45, 2.75) is 32.9 Å². The summed E-state index contributed by atoms with van der Waals surface area (Å²) in [5.74, 6) is -1.80. The highest BCUT2D eigenvalue weighted by Gasteiger charge is 2.38. The van der Waals surface area contributed by atoms with Gasteiger partial charge in [-0.2, -0.15) is 0 Å². The van der Waals surface area contributed by atoms with Gasteiger partial charge in [-0.15, -0.1) is 0 Å². The van der Waals surface area contributed by atoms with E-state index >= 15 is 0 Å². The number of nitrogens with one attached hydrogen (secondary N) is 1. The number of fused-ring (bicyclic) bond motifs is 1. The Hall–Kier alpha value is -2.90. The number of carbonyl (C=O) groups excluding carboxylic acids is 1. The monoisotopic (exact) mass is 345 g/mol. The zero-order valence-corrected chi connectivity index (χ0v) is 14.0. The van der Waals surface area contributed by atoms with E-state index in [1.165, 1.54) is 23.1 Å². The van der Waals surface area contributed by atoms with Crippen LogP contribution in [0.5, 0.6) is 0 Å². The van der Waals surface area contributed by atoms with Gasteiger partial charge in [0.05, 0.1) is 16.8 Å². The third kappa shape index (κ3) is 2.73. The number of carboxylic acid groups (broad SMARTS) is 1. The normalized spacial score (nSPS) is 20.2. The number of aromatic amines is 1. The van der Waals surface area contributed by atoms with Crippen molar-refractivity contribution in [2.24, 2.45) is 5.92 Å². The summed E-state index contributed by atoms with van der Waals surface area (Å²) < 4.78 is 1.09. The highest BCUT2D eigenvalue weighted by molar-refractivity contribution is 5.98. The van der Waals surface area contributed by atoms with Gasteiger partial charge < -0.3 is 15.0 Å². The van der Waals surface area contributed by atoms with Crippen LogP contribution in [0.2, 0.25) is 0 Å². The van der Waals surface area contributed by atoms with Gasteiger partial charge in [-0.05, 0) is 38.5 Å². The lowest BCUT2D eigenvalue weighted by atomic mass is 10.0. The van der Waals surface area contributed by atoms with E-state index in [0.29, 0.717) is 29.4 Å². The molecule has 2 unspecified atom stereocenters. The summed E-state index contributed by atoms with van der Waals surface area (Å²) in [7, 11) is 0. The van der Waals surface area contributed by atoms with Crippen molar-refractivity contribution in [3.63, 3.8) is 0 Å². The average Bonchev–Trinajstić information content (AvgIpc) is 2.95. The molecular weight excluding hydrogens is 326 g/mol. The predicted molar refractivity (Wildman–Crippen MR) is 90.7 cm³/mol. The molecule has 8 nitrogen and oxygen atoms in total. The molecule has 1 aliphatic rings. The van der Waals surface area contributed by atoms with E-state index in [1.807, 2.05) is 0 Å². The Morgan fingerprint density at radius 3 is 2.64 bits per heavy atom. The van der Waals surface area contributed by atoms with Crippen LogP contribution < -0.4 is 11.2 Å². The van der Waals surface area contributed by atoms with Crippen LogP contribution in [0.25, 0.3) is 10.9 Å². The molecule has 3 rings (SSSR count). The van der Waals surface area contributed by atoms with Crippen LogP contribution in [0.3, 0.4) is 0 Å². The van der Waals surface area contributed by atoms with E-state index in [4.69, 9.17) is 0 Å². The van der Waals surface area contributed by atoms with Gasteiger partial charge >= 0.3 is 11.7 Å². The lowest BCUT2D eigenvalue weighted by Crippen LogP contribution is -2.38. The summed E-state index contributed by atoms with van der Waals surface area (Å²) in [6.45, 7) is 4.04. The molecule has 1 aromatic heterocycles. The topological polar surface area (TPSA) is 112 Å². The Labute approximate surface area is 142 Å². The molecule has 0 aliphatic carbocycles. The molecule has 1 amide bonds. The number of H-pyrrole nitrogens is 1. The first kappa shape index (κ1) is 16.9. The van der Waals surface area contributed by atoms with Gasteiger partial charge in [-0.25, -0.2) is 4.79 Å². The quantitative estimate of drug-likeness (QED) is 0.848. The second-order valence-corrected chi connectivity index (χ2v) is 6.21. The third-order valence-electron chi connectivity index (χ3n) is 4.88. The number of aromatic nitrogens is 2. The molecule has 0 spiro atoms. The Balaban J connectivity index is 2.00. The molecule has 25 heavy (non-hydrogen) atoms. The maximum absolute atomic E-state index is 12.7. The number of hydrogen-bond donors (Lipinski definition) is 2. The molecule has 1 fully saturated rings. The van der Waals surface area contributed by atoms with E-state index < -0.39 is 29.2 Å². The van der Waals surface area contributed by atoms with E-state index in [0.717, 1.165) is 4.57 Å². The van der Waals surface area contributed by atoms with Crippen molar-refractivity contribution in [1.82, 2.24) is 14.5 Å². The van der Waals surface area contributed by atoms with Gasteiger partial charge in [0.1, 0.15) is 0 Å². The molecule has 8 heteroatoms. The molecule has 2 heterocycles. The number of carbonyl (C=O) groups is 2. The van der Waals surface area contributed by atoms with Gasteiger partial charge in [0.25, 0.3) is 11.5 Å². The minimum Gasteiger partial charge on any atom is -0.481 e. The number of rotatable bonds is 3. The van der Waals surface area contributed by atoms with Crippen LogP contribution >= 0.6 is 0 Å². The van der Waals surface area contributed by atoms with Gasteiger partial charge in [0, 0.05) is 24.7 Å². The molecule has 1 aromatic carbocycles.